The number of rotatable bonds is 10. The number of nitrogens with zero attached hydrogens (tertiary/aromatic N) is 4. The molecule has 2 aromatic heterocycles. The fourth-order valence-corrected chi connectivity index (χ4v) is 8.01. The van der Waals surface area contributed by atoms with Crippen LogP contribution >= 0.6 is 0 Å². The maximum absolute atomic E-state index is 13.9. The molecule has 1 saturated heterocycles. The summed E-state index contributed by atoms with van der Waals surface area (Å²) < 4.78 is 9.59. The summed E-state index contributed by atoms with van der Waals surface area (Å²) in [5, 5.41) is 5.53. The van der Waals surface area contributed by atoms with Crippen LogP contribution in [0.4, 0.5) is 9.59 Å². The Labute approximate surface area is 320 Å². The van der Waals surface area contributed by atoms with Gasteiger partial charge in [-0.2, -0.15) is 0 Å². The fourth-order valence-electron chi connectivity index (χ4n) is 8.01. The minimum absolute atomic E-state index is 0.0605. The standard InChI is InChI=1S/C41H48N8O6/c1-25(2)34(46-39(52)54-3)37(50)48-21-7-9-32(48)35-42-23-30(44-35)28-15-11-26(12-16-28)27-13-17-29(18-14-27)31-24-43-36(45-31)33-10-8-22-49(33)38(51)41(19-5-6-20-41)47-40(53)55-4/h7,9,11-18,23-25,32-34H,5-6,8,10,19-22H2,1-4H3,(H,42,44)(H,43,45)(H,46,52)(H,47,53)/t32-,33-,34-/m0/s1. The molecule has 0 radical (unpaired) electrons. The summed E-state index contributed by atoms with van der Waals surface area (Å²) in [6, 6.07) is 15.1. The molecule has 0 unspecified atom stereocenters. The maximum atomic E-state index is 13.9. The number of hydrogen-bond donors (Lipinski definition) is 4. The molecule has 55 heavy (non-hydrogen) atoms. The number of carbonyl (C=O) groups excluding carboxylic acids is 4. The van der Waals surface area contributed by atoms with Crippen molar-refractivity contribution in [3.63, 3.8) is 0 Å². The molecule has 4 amide bonds. The van der Waals surface area contributed by atoms with Crippen LogP contribution in [0.25, 0.3) is 33.6 Å². The van der Waals surface area contributed by atoms with E-state index in [9.17, 15) is 19.2 Å². The number of imidazole rings is 2. The second kappa shape index (κ2) is 15.8. The number of nitrogens with one attached hydrogen (secondary N) is 4. The number of carbonyl (C=O) groups is 4. The molecule has 4 heterocycles. The molecule has 1 aliphatic carbocycles. The first kappa shape index (κ1) is 37.4. The van der Waals surface area contributed by atoms with Crippen LogP contribution in [0.2, 0.25) is 0 Å². The molecule has 1 saturated carbocycles. The largest absolute Gasteiger partial charge is 0.453 e. The van der Waals surface area contributed by atoms with Crippen molar-refractivity contribution >= 4 is 24.0 Å². The molecule has 2 aromatic carbocycles. The van der Waals surface area contributed by atoms with Crippen LogP contribution in [-0.2, 0) is 19.1 Å². The van der Waals surface area contributed by atoms with Crippen LogP contribution in [0.3, 0.4) is 0 Å². The molecule has 4 N–H and O–H groups in total. The van der Waals surface area contributed by atoms with E-state index in [0.29, 0.717) is 31.8 Å². The SMILES string of the molecule is COC(=O)N[C@H](C(=O)N1CC=C[C@H]1c1nc(-c2ccc(-c3ccc(-c4c[nH]c([C@@H]5CCCN5C(=O)C5(NC(=O)OC)CCCC5)n4)cc3)cc2)c[nH]1)C(C)C. The van der Waals surface area contributed by atoms with Gasteiger partial charge in [-0.05, 0) is 42.7 Å². The second-order valence-electron chi connectivity index (χ2n) is 14.8. The van der Waals surface area contributed by atoms with Crippen molar-refractivity contribution in [2.24, 2.45) is 5.92 Å². The number of aromatic amines is 2. The van der Waals surface area contributed by atoms with E-state index >= 15 is 0 Å². The topological polar surface area (TPSA) is 175 Å². The van der Waals surface area contributed by atoms with Crippen molar-refractivity contribution < 1.29 is 28.7 Å². The summed E-state index contributed by atoms with van der Waals surface area (Å²) >= 11 is 0. The first-order valence-corrected chi connectivity index (χ1v) is 18.9. The van der Waals surface area contributed by atoms with Crippen molar-refractivity contribution in [2.45, 2.75) is 76.0 Å². The van der Waals surface area contributed by atoms with Gasteiger partial charge in [-0.1, -0.05) is 87.4 Å². The van der Waals surface area contributed by atoms with Gasteiger partial charge in [0.1, 0.15) is 29.3 Å². The van der Waals surface area contributed by atoms with Crippen LogP contribution in [0, 0.1) is 5.92 Å². The Morgan fingerprint density at radius 1 is 0.782 bits per heavy atom. The van der Waals surface area contributed by atoms with Gasteiger partial charge < -0.3 is 39.9 Å². The molecule has 7 rings (SSSR count). The lowest BCUT2D eigenvalue weighted by Gasteiger charge is -2.35. The molecule has 0 bridgehead atoms. The van der Waals surface area contributed by atoms with E-state index < -0.39 is 23.8 Å². The number of amides is 4. The monoisotopic (exact) mass is 748 g/mol. The van der Waals surface area contributed by atoms with E-state index in [0.717, 1.165) is 65.1 Å². The van der Waals surface area contributed by atoms with Gasteiger partial charge in [-0.25, -0.2) is 19.6 Å². The summed E-state index contributed by atoms with van der Waals surface area (Å²) in [4.78, 5) is 71.4. The molecule has 3 aliphatic rings. The summed E-state index contributed by atoms with van der Waals surface area (Å²) in [6.07, 6.45) is 11.0. The van der Waals surface area contributed by atoms with Crippen molar-refractivity contribution in [2.75, 3.05) is 27.3 Å². The van der Waals surface area contributed by atoms with E-state index in [-0.39, 0.29) is 29.8 Å². The van der Waals surface area contributed by atoms with Gasteiger partial charge in [0.2, 0.25) is 11.8 Å². The maximum Gasteiger partial charge on any atom is 0.407 e. The highest BCUT2D eigenvalue weighted by atomic mass is 16.5. The lowest BCUT2D eigenvalue weighted by molar-refractivity contribution is -0.139. The Bertz CT molecular complexity index is 2050. The molecular weight excluding hydrogens is 701 g/mol. The summed E-state index contributed by atoms with van der Waals surface area (Å²) in [7, 11) is 2.60. The molecule has 0 spiro atoms. The number of H-pyrrole nitrogens is 2. The third-order valence-electron chi connectivity index (χ3n) is 11.0. The predicted molar refractivity (Wildman–Crippen MR) is 205 cm³/mol. The minimum atomic E-state index is -0.930. The number of benzene rings is 2. The van der Waals surface area contributed by atoms with Gasteiger partial charge in [0.25, 0.3) is 0 Å². The Kier molecular flexibility index (Phi) is 10.8. The van der Waals surface area contributed by atoms with Crippen molar-refractivity contribution in [1.82, 2.24) is 40.4 Å². The van der Waals surface area contributed by atoms with E-state index in [2.05, 4.69) is 44.9 Å². The lowest BCUT2D eigenvalue weighted by Crippen LogP contribution is -2.58. The quantitative estimate of drug-likeness (QED) is 0.137. The average molecular weight is 749 g/mol. The van der Waals surface area contributed by atoms with Crippen molar-refractivity contribution in [3.8, 4) is 33.6 Å². The van der Waals surface area contributed by atoms with Crippen LogP contribution in [0.15, 0.2) is 73.1 Å². The number of likely N-dealkylation sites (tertiary alicyclic amines) is 1. The summed E-state index contributed by atoms with van der Waals surface area (Å²) in [5.74, 6) is 0.988. The van der Waals surface area contributed by atoms with Crippen LogP contribution in [-0.4, -0.2) is 92.6 Å². The van der Waals surface area contributed by atoms with Gasteiger partial charge in [0.05, 0.1) is 31.6 Å². The average Bonchev–Trinajstić information content (AvgIpc) is 4.06. The van der Waals surface area contributed by atoms with E-state index in [1.54, 1.807) is 4.90 Å². The smallest absolute Gasteiger partial charge is 0.407 e. The third kappa shape index (κ3) is 7.58. The highest BCUT2D eigenvalue weighted by molar-refractivity contribution is 5.91. The van der Waals surface area contributed by atoms with Gasteiger partial charge in [0.15, 0.2) is 0 Å². The molecule has 288 valence electrons. The molecule has 2 aliphatic heterocycles. The zero-order valence-corrected chi connectivity index (χ0v) is 31.6. The minimum Gasteiger partial charge on any atom is -0.453 e. The second-order valence-corrected chi connectivity index (χ2v) is 14.8. The molecule has 14 heteroatoms. The number of methoxy groups -OCH3 is 2. The highest BCUT2D eigenvalue weighted by Gasteiger charge is 2.48. The molecule has 14 nitrogen and oxygen atoms in total. The summed E-state index contributed by atoms with van der Waals surface area (Å²) in [5.41, 5.74) is 4.60. The Balaban J connectivity index is 1.00. The highest BCUT2D eigenvalue weighted by Crippen LogP contribution is 2.39. The first-order valence-electron chi connectivity index (χ1n) is 18.9. The van der Waals surface area contributed by atoms with E-state index in [1.165, 1.54) is 14.2 Å². The predicted octanol–water partition coefficient (Wildman–Crippen LogP) is 6.29. The van der Waals surface area contributed by atoms with Crippen LogP contribution in [0.5, 0.6) is 0 Å². The van der Waals surface area contributed by atoms with Crippen molar-refractivity contribution in [1.29, 1.82) is 0 Å². The number of ether oxygens (including phenoxy) is 2. The number of aromatic nitrogens is 4. The first-order chi connectivity index (χ1) is 26.6. The molecule has 4 aromatic rings. The Hall–Kier alpha value is -5.92. The van der Waals surface area contributed by atoms with Gasteiger partial charge in [-0.15, -0.1) is 0 Å². The molecular formula is C41H48N8O6. The number of hydrogen-bond acceptors (Lipinski definition) is 8. The molecule has 3 atom stereocenters. The van der Waals surface area contributed by atoms with E-state index in [4.69, 9.17) is 19.4 Å². The lowest BCUT2D eigenvalue weighted by atomic mass is 9.95. The van der Waals surface area contributed by atoms with Gasteiger partial charge in [0, 0.05) is 36.6 Å². The zero-order chi connectivity index (χ0) is 38.7. The normalized spacial score (nSPS) is 19.4. The van der Waals surface area contributed by atoms with E-state index in [1.807, 2.05) is 67.6 Å². The van der Waals surface area contributed by atoms with Gasteiger partial charge >= 0.3 is 12.2 Å². The summed E-state index contributed by atoms with van der Waals surface area (Å²) in [6.45, 7) is 4.79. The van der Waals surface area contributed by atoms with Crippen LogP contribution in [0.1, 0.15) is 76.1 Å². The third-order valence-corrected chi connectivity index (χ3v) is 11.0. The fraction of sp³-hybridized carbons (Fsp3) is 0.415. The number of alkyl carbamates (subject to hydrolysis) is 2. The van der Waals surface area contributed by atoms with Gasteiger partial charge in [-0.3, -0.25) is 9.59 Å². The molecule has 2 fully saturated rings. The van der Waals surface area contributed by atoms with Crippen molar-refractivity contribution in [3.05, 3.63) is 84.7 Å². The zero-order valence-electron chi connectivity index (χ0n) is 31.6. The Morgan fingerprint density at radius 3 is 1.93 bits per heavy atom. The Morgan fingerprint density at radius 2 is 1.35 bits per heavy atom. The van der Waals surface area contributed by atoms with Crippen LogP contribution < -0.4 is 10.6 Å².